The van der Waals surface area contributed by atoms with Crippen molar-refractivity contribution in [2.45, 2.75) is 32.6 Å². The number of hydrogen-bond acceptors (Lipinski definition) is 6. The average molecular weight is 433 g/mol. The Morgan fingerprint density at radius 2 is 1.47 bits per heavy atom. The Labute approximate surface area is 188 Å². The van der Waals surface area contributed by atoms with Gasteiger partial charge in [0.25, 0.3) is 0 Å². The van der Waals surface area contributed by atoms with E-state index in [1.54, 1.807) is 0 Å². The summed E-state index contributed by atoms with van der Waals surface area (Å²) in [6.45, 7) is 17.8. The van der Waals surface area contributed by atoms with E-state index in [1.165, 1.54) is 25.9 Å². The van der Waals surface area contributed by atoms with Crippen molar-refractivity contribution in [3.63, 3.8) is 0 Å². The van der Waals surface area contributed by atoms with Crippen LogP contribution in [0.3, 0.4) is 0 Å². The number of piperazine rings is 2. The van der Waals surface area contributed by atoms with E-state index >= 15 is 0 Å². The molecule has 30 heavy (non-hydrogen) atoms. The van der Waals surface area contributed by atoms with E-state index < -0.39 is 0 Å². The zero-order chi connectivity index (χ0) is 21.2. The van der Waals surface area contributed by atoms with Gasteiger partial charge in [0.1, 0.15) is 0 Å². The van der Waals surface area contributed by atoms with Gasteiger partial charge in [-0.2, -0.15) is 0 Å². The summed E-state index contributed by atoms with van der Waals surface area (Å²) >= 11 is 5.90. The van der Waals surface area contributed by atoms with Gasteiger partial charge in [0.05, 0.1) is 23.3 Å². The van der Waals surface area contributed by atoms with E-state index in [9.17, 15) is 0 Å². The highest BCUT2D eigenvalue weighted by molar-refractivity contribution is 7.80. The Hall–Kier alpha value is -1.12. The monoisotopic (exact) mass is 432 g/mol. The molecule has 0 bridgehead atoms. The molecular formula is C23H40N6S. The first-order chi connectivity index (χ1) is 14.7. The van der Waals surface area contributed by atoms with Crippen molar-refractivity contribution in [2.24, 2.45) is 0 Å². The van der Waals surface area contributed by atoms with Crippen LogP contribution in [0.25, 0.3) is 0 Å². The normalized spacial score (nSPS) is 20.9. The van der Waals surface area contributed by atoms with Crippen molar-refractivity contribution in [3.8, 4) is 0 Å². The Morgan fingerprint density at radius 3 is 2.00 bits per heavy atom. The van der Waals surface area contributed by atoms with E-state index in [2.05, 4.69) is 55.9 Å². The third-order valence-corrected chi connectivity index (χ3v) is 6.72. The molecule has 0 saturated carbocycles. The van der Waals surface area contributed by atoms with Crippen LogP contribution in [-0.4, -0.2) is 108 Å². The minimum Gasteiger partial charge on any atom is -0.366 e. The highest BCUT2D eigenvalue weighted by Gasteiger charge is 2.25. The fourth-order valence-corrected chi connectivity index (χ4v) is 4.72. The molecule has 3 heterocycles. The van der Waals surface area contributed by atoms with Crippen LogP contribution in [-0.2, 0) is 0 Å². The van der Waals surface area contributed by atoms with Gasteiger partial charge in [0, 0.05) is 65.1 Å². The molecule has 1 unspecified atom stereocenters. The SMILES string of the molecule is CCCN1CCN(CNC(=S)C(CN2CCN(CCC)CC2)c2ccccn2)CC1. The standard InChI is InChI=1S/C23H40N6S/c1-3-9-26-11-15-28(16-12-26)19-21(22-7-5-6-8-24-22)23(30)25-20-29-17-13-27(10-4-2)14-18-29/h5-8,21H,3-4,9-20H2,1-2H3,(H,25,30). The number of nitrogens with zero attached hydrogens (tertiary/aromatic N) is 5. The van der Waals surface area contributed by atoms with Crippen LogP contribution in [0.15, 0.2) is 24.4 Å². The van der Waals surface area contributed by atoms with E-state index in [0.29, 0.717) is 0 Å². The van der Waals surface area contributed by atoms with Crippen molar-refractivity contribution < 1.29 is 0 Å². The van der Waals surface area contributed by atoms with Crippen LogP contribution in [0.5, 0.6) is 0 Å². The van der Waals surface area contributed by atoms with Gasteiger partial charge in [-0.1, -0.05) is 32.1 Å². The molecule has 0 aromatic carbocycles. The summed E-state index contributed by atoms with van der Waals surface area (Å²) in [6.07, 6.45) is 4.36. The summed E-state index contributed by atoms with van der Waals surface area (Å²) in [4.78, 5) is 15.8. The summed E-state index contributed by atoms with van der Waals surface area (Å²) in [5, 5.41) is 3.58. The molecular weight excluding hydrogens is 392 g/mol. The topological polar surface area (TPSA) is 37.9 Å². The Kier molecular flexibility index (Phi) is 9.94. The van der Waals surface area contributed by atoms with Gasteiger partial charge in [-0.15, -0.1) is 0 Å². The molecule has 0 aliphatic carbocycles. The molecule has 0 spiro atoms. The van der Waals surface area contributed by atoms with Crippen LogP contribution in [0, 0.1) is 0 Å². The number of hydrogen-bond donors (Lipinski definition) is 1. The van der Waals surface area contributed by atoms with E-state index in [4.69, 9.17) is 12.2 Å². The molecule has 2 aliphatic heterocycles. The molecule has 1 aromatic rings. The second-order valence-electron chi connectivity index (χ2n) is 8.61. The predicted molar refractivity (Wildman–Crippen MR) is 129 cm³/mol. The lowest BCUT2D eigenvalue weighted by atomic mass is 10.0. The fraction of sp³-hybridized carbons (Fsp3) is 0.739. The van der Waals surface area contributed by atoms with Gasteiger partial charge in [0.15, 0.2) is 0 Å². The molecule has 0 amide bonds. The van der Waals surface area contributed by atoms with Crippen LogP contribution < -0.4 is 5.32 Å². The summed E-state index contributed by atoms with van der Waals surface area (Å²) in [5.41, 5.74) is 1.08. The molecule has 1 atom stereocenters. The lowest BCUT2D eigenvalue weighted by molar-refractivity contribution is 0.127. The molecule has 2 saturated heterocycles. The van der Waals surface area contributed by atoms with Crippen LogP contribution in [0.4, 0.5) is 0 Å². The average Bonchev–Trinajstić information content (AvgIpc) is 2.79. The van der Waals surface area contributed by atoms with Crippen molar-refractivity contribution in [2.75, 3.05) is 78.7 Å². The van der Waals surface area contributed by atoms with Gasteiger partial charge < -0.3 is 15.1 Å². The van der Waals surface area contributed by atoms with Gasteiger partial charge in [-0.05, 0) is 38.1 Å². The molecule has 1 N–H and O–H groups in total. The lowest BCUT2D eigenvalue weighted by Gasteiger charge is -2.37. The van der Waals surface area contributed by atoms with E-state index in [0.717, 1.165) is 76.3 Å². The number of pyridine rings is 1. The van der Waals surface area contributed by atoms with Crippen LogP contribution in [0.2, 0.25) is 0 Å². The van der Waals surface area contributed by atoms with Gasteiger partial charge in [-0.25, -0.2) is 0 Å². The third kappa shape index (κ3) is 7.24. The minimum absolute atomic E-state index is 0.153. The quantitative estimate of drug-likeness (QED) is 0.568. The highest BCUT2D eigenvalue weighted by Crippen LogP contribution is 2.18. The zero-order valence-corrected chi connectivity index (χ0v) is 19.7. The van der Waals surface area contributed by atoms with E-state index in [-0.39, 0.29) is 5.92 Å². The number of nitrogens with one attached hydrogen (secondary N) is 1. The maximum atomic E-state index is 5.90. The second kappa shape index (κ2) is 12.7. The number of rotatable bonds is 10. The Bertz CT molecular complexity index is 611. The fourth-order valence-electron chi connectivity index (χ4n) is 4.46. The molecule has 168 valence electrons. The zero-order valence-electron chi connectivity index (χ0n) is 18.9. The molecule has 7 heteroatoms. The summed E-state index contributed by atoms with van der Waals surface area (Å²) < 4.78 is 0. The Balaban J connectivity index is 1.52. The summed E-state index contributed by atoms with van der Waals surface area (Å²) in [7, 11) is 0. The van der Waals surface area contributed by atoms with Crippen molar-refractivity contribution in [1.29, 1.82) is 0 Å². The summed E-state index contributed by atoms with van der Waals surface area (Å²) in [5.74, 6) is 0.153. The molecule has 2 aliphatic rings. The van der Waals surface area contributed by atoms with Crippen molar-refractivity contribution >= 4 is 17.2 Å². The maximum absolute atomic E-state index is 5.90. The predicted octanol–water partition coefficient (Wildman–Crippen LogP) is 2.09. The molecule has 0 radical (unpaired) electrons. The smallest absolute Gasteiger partial charge is 0.0868 e. The Morgan fingerprint density at radius 1 is 0.900 bits per heavy atom. The second-order valence-corrected chi connectivity index (χ2v) is 9.05. The third-order valence-electron chi connectivity index (χ3n) is 6.29. The number of aromatic nitrogens is 1. The molecule has 3 rings (SSSR count). The van der Waals surface area contributed by atoms with Crippen molar-refractivity contribution in [3.05, 3.63) is 30.1 Å². The van der Waals surface area contributed by atoms with Gasteiger partial charge in [0.2, 0.25) is 0 Å². The first kappa shape index (κ1) is 23.5. The van der Waals surface area contributed by atoms with Crippen molar-refractivity contribution in [1.82, 2.24) is 29.9 Å². The van der Waals surface area contributed by atoms with E-state index in [1.807, 2.05) is 12.3 Å². The minimum atomic E-state index is 0.153. The molecule has 1 aromatic heterocycles. The lowest BCUT2D eigenvalue weighted by Crippen LogP contribution is -2.51. The summed E-state index contributed by atoms with van der Waals surface area (Å²) in [6, 6.07) is 6.18. The molecule has 6 nitrogen and oxygen atoms in total. The maximum Gasteiger partial charge on any atom is 0.0868 e. The first-order valence-corrected chi connectivity index (χ1v) is 12.2. The van der Waals surface area contributed by atoms with Gasteiger partial charge in [-0.3, -0.25) is 14.8 Å². The van der Waals surface area contributed by atoms with Gasteiger partial charge >= 0.3 is 0 Å². The molecule has 2 fully saturated rings. The largest absolute Gasteiger partial charge is 0.366 e. The first-order valence-electron chi connectivity index (χ1n) is 11.8. The highest BCUT2D eigenvalue weighted by atomic mass is 32.1. The van der Waals surface area contributed by atoms with Crippen LogP contribution >= 0.6 is 12.2 Å². The number of thiocarbonyl (C=S) groups is 1. The van der Waals surface area contributed by atoms with Crippen LogP contribution in [0.1, 0.15) is 38.3 Å².